The van der Waals surface area contributed by atoms with Gasteiger partial charge in [-0.25, -0.2) is 0 Å². The summed E-state index contributed by atoms with van der Waals surface area (Å²) < 4.78 is 0. The first-order valence-electron chi connectivity index (χ1n) is 7.55. The van der Waals surface area contributed by atoms with Crippen molar-refractivity contribution in [3.63, 3.8) is 0 Å². The predicted octanol–water partition coefficient (Wildman–Crippen LogP) is 3.45. The lowest BCUT2D eigenvalue weighted by Crippen LogP contribution is -2.38. The van der Waals surface area contributed by atoms with E-state index in [-0.39, 0.29) is 23.8 Å². The number of hydrogen-bond acceptors (Lipinski definition) is 3. The normalized spacial score (nSPS) is 23.8. The molecule has 2 rings (SSSR count). The third-order valence-electron chi connectivity index (χ3n) is 4.21. The molecule has 21 heavy (non-hydrogen) atoms. The number of carboxylic acid groups (broad SMARTS) is 1. The van der Waals surface area contributed by atoms with Gasteiger partial charge in [0.1, 0.15) is 0 Å². The second kappa shape index (κ2) is 7.07. The SMILES string of the molecule is CC(C)C(NC(=O)C1CCCC(C(=O)O)C1)c1cccs1. The lowest BCUT2D eigenvalue weighted by atomic mass is 9.81. The van der Waals surface area contributed by atoms with E-state index < -0.39 is 5.97 Å². The summed E-state index contributed by atoms with van der Waals surface area (Å²) in [5.74, 6) is -0.986. The van der Waals surface area contributed by atoms with E-state index >= 15 is 0 Å². The van der Waals surface area contributed by atoms with Gasteiger partial charge >= 0.3 is 5.97 Å². The van der Waals surface area contributed by atoms with Gasteiger partial charge in [-0.15, -0.1) is 11.3 Å². The number of aliphatic carboxylic acids is 1. The Hall–Kier alpha value is -1.36. The molecule has 0 aliphatic heterocycles. The van der Waals surface area contributed by atoms with Crippen LogP contribution in [0.1, 0.15) is 50.4 Å². The number of carboxylic acids is 1. The fraction of sp³-hybridized carbons (Fsp3) is 0.625. The van der Waals surface area contributed by atoms with Gasteiger partial charge in [-0.1, -0.05) is 26.3 Å². The van der Waals surface area contributed by atoms with Crippen molar-refractivity contribution in [2.75, 3.05) is 0 Å². The maximum atomic E-state index is 12.5. The molecule has 1 saturated carbocycles. The first-order valence-corrected chi connectivity index (χ1v) is 8.43. The zero-order valence-electron chi connectivity index (χ0n) is 12.5. The van der Waals surface area contributed by atoms with Gasteiger partial charge in [0.25, 0.3) is 0 Å². The standard InChI is InChI=1S/C16H23NO3S/c1-10(2)14(13-7-4-8-21-13)17-15(18)11-5-3-6-12(9-11)16(19)20/h4,7-8,10-12,14H,3,5-6,9H2,1-2H3,(H,17,18)(H,19,20). The predicted molar refractivity (Wildman–Crippen MR) is 83.1 cm³/mol. The molecular formula is C16H23NO3S. The third-order valence-corrected chi connectivity index (χ3v) is 5.16. The molecule has 0 radical (unpaired) electrons. The smallest absolute Gasteiger partial charge is 0.306 e. The fourth-order valence-electron chi connectivity index (χ4n) is 2.96. The zero-order chi connectivity index (χ0) is 15.4. The lowest BCUT2D eigenvalue weighted by molar-refractivity contribution is -0.144. The van der Waals surface area contributed by atoms with Crippen LogP contribution in [0.3, 0.4) is 0 Å². The quantitative estimate of drug-likeness (QED) is 0.875. The molecule has 5 heteroatoms. The van der Waals surface area contributed by atoms with Crippen LogP contribution in [0.25, 0.3) is 0 Å². The van der Waals surface area contributed by atoms with Gasteiger partial charge in [0.15, 0.2) is 0 Å². The van der Waals surface area contributed by atoms with Gasteiger partial charge in [-0.2, -0.15) is 0 Å². The van der Waals surface area contributed by atoms with Gasteiger partial charge in [-0.05, 0) is 36.6 Å². The summed E-state index contributed by atoms with van der Waals surface area (Å²) >= 11 is 1.64. The Kier molecular flexibility index (Phi) is 5.39. The van der Waals surface area contributed by atoms with E-state index in [0.717, 1.165) is 17.7 Å². The molecule has 1 amide bonds. The third kappa shape index (κ3) is 4.06. The Bertz CT molecular complexity index is 484. The summed E-state index contributed by atoms with van der Waals surface area (Å²) in [4.78, 5) is 24.7. The minimum Gasteiger partial charge on any atom is -0.481 e. The summed E-state index contributed by atoms with van der Waals surface area (Å²) in [6, 6.07) is 4.04. The molecule has 116 valence electrons. The van der Waals surface area contributed by atoms with Crippen LogP contribution in [0.2, 0.25) is 0 Å². The maximum Gasteiger partial charge on any atom is 0.306 e. The van der Waals surface area contributed by atoms with E-state index in [9.17, 15) is 9.59 Å². The van der Waals surface area contributed by atoms with Gasteiger partial charge < -0.3 is 10.4 Å². The van der Waals surface area contributed by atoms with Crippen molar-refractivity contribution in [1.29, 1.82) is 0 Å². The molecule has 1 aromatic heterocycles. The molecule has 0 aromatic carbocycles. The Labute approximate surface area is 129 Å². The second-order valence-electron chi connectivity index (χ2n) is 6.14. The van der Waals surface area contributed by atoms with E-state index in [0.29, 0.717) is 18.8 Å². The molecule has 0 saturated heterocycles. The minimum absolute atomic E-state index is 0.00745. The van der Waals surface area contributed by atoms with Gasteiger partial charge in [0, 0.05) is 10.8 Å². The van der Waals surface area contributed by atoms with Crippen LogP contribution < -0.4 is 5.32 Å². The van der Waals surface area contributed by atoms with Crippen molar-refractivity contribution >= 4 is 23.2 Å². The minimum atomic E-state index is -0.772. The summed E-state index contributed by atoms with van der Waals surface area (Å²) in [6.07, 6.45) is 2.78. The first-order chi connectivity index (χ1) is 9.99. The number of hydrogen-bond donors (Lipinski definition) is 2. The molecule has 4 nitrogen and oxygen atoms in total. The number of thiophene rings is 1. The maximum absolute atomic E-state index is 12.5. The largest absolute Gasteiger partial charge is 0.481 e. The Morgan fingerprint density at radius 1 is 1.33 bits per heavy atom. The molecule has 0 bridgehead atoms. The number of rotatable bonds is 5. The van der Waals surface area contributed by atoms with Crippen molar-refractivity contribution < 1.29 is 14.7 Å². The Morgan fingerprint density at radius 2 is 2.05 bits per heavy atom. The Balaban J connectivity index is 2.00. The molecular weight excluding hydrogens is 286 g/mol. The van der Waals surface area contributed by atoms with Crippen molar-refractivity contribution in [2.45, 2.75) is 45.6 Å². The molecule has 1 heterocycles. The average molecular weight is 309 g/mol. The molecule has 1 aliphatic rings. The van der Waals surface area contributed by atoms with Gasteiger partial charge in [0.2, 0.25) is 5.91 Å². The summed E-state index contributed by atoms with van der Waals surface area (Å²) in [5, 5.41) is 14.3. The van der Waals surface area contributed by atoms with Crippen LogP contribution in [-0.2, 0) is 9.59 Å². The van der Waals surface area contributed by atoms with Crippen LogP contribution in [0.4, 0.5) is 0 Å². The highest BCUT2D eigenvalue weighted by Gasteiger charge is 2.32. The molecule has 1 aromatic rings. The number of carbonyl (C=O) groups excluding carboxylic acids is 1. The highest BCUT2D eigenvalue weighted by atomic mass is 32.1. The van der Waals surface area contributed by atoms with Crippen molar-refractivity contribution in [3.8, 4) is 0 Å². The molecule has 1 aliphatic carbocycles. The summed E-state index contributed by atoms with van der Waals surface area (Å²) in [6.45, 7) is 4.18. The van der Waals surface area contributed by atoms with Crippen LogP contribution >= 0.6 is 11.3 Å². The van der Waals surface area contributed by atoms with Crippen LogP contribution in [0.15, 0.2) is 17.5 Å². The molecule has 3 atom stereocenters. The van der Waals surface area contributed by atoms with E-state index in [2.05, 4.69) is 19.2 Å². The van der Waals surface area contributed by atoms with E-state index in [4.69, 9.17) is 5.11 Å². The van der Waals surface area contributed by atoms with E-state index in [1.807, 2.05) is 17.5 Å². The molecule has 2 N–H and O–H groups in total. The zero-order valence-corrected chi connectivity index (χ0v) is 13.4. The highest BCUT2D eigenvalue weighted by molar-refractivity contribution is 7.10. The van der Waals surface area contributed by atoms with Crippen LogP contribution in [0, 0.1) is 17.8 Å². The second-order valence-corrected chi connectivity index (χ2v) is 7.12. The van der Waals surface area contributed by atoms with E-state index in [1.54, 1.807) is 11.3 Å². The summed E-state index contributed by atoms with van der Waals surface area (Å²) in [7, 11) is 0. The van der Waals surface area contributed by atoms with Crippen LogP contribution in [-0.4, -0.2) is 17.0 Å². The first kappa shape index (κ1) is 16.0. The summed E-state index contributed by atoms with van der Waals surface area (Å²) in [5.41, 5.74) is 0. The molecule has 1 fully saturated rings. The topological polar surface area (TPSA) is 66.4 Å². The van der Waals surface area contributed by atoms with Crippen molar-refractivity contribution in [1.82, 2.24) is 5.32 Å². The highest BCUT2D eigenvalue weighted by Crippen LogP contribution is 2.31. The number of amides is 1. The molecule has 3 unspecified atom stereocenters. The van der Waals surface area contributed by atoms with Gasteiger partial charge in [-0.3, -0.25) is 9.59 Å². The van der Waals surface area contributed by atoms with Crippen molar-refractivity contribution in [3.05, 3.63) is 22.4 Å². The average Bonchev–Trinajstić information content (AvgIpc) is 2.98. The monoisotopic (exact) mass is 309 g/mol. The number of nitrogens with one attached hydrogen (secondary N) is 1. The van der Waals surface area contributed by atoms with Crippen LogP contribution in [0.5, 0.6) is 0 Å². The van der Waals surface area contributed by atoms with Crippen molar-refractivity contribution in [2.24, 2.45) is 17.8 Å². The van der Waals surface area contributed by atoms with Gasteiger partial charge in [0.05, 0.1) is 12.0 Å². The Morgan fingerprint density at radius 3 is 2.62 bits per heavy atom. The number of carbonyl (C=O) groups is 2. The lowest BCUT2D eigenvalue weighted by Gasteiger charge is -2.29. The fourth-order valence-corrected chi connectivity index (χ4v) is 3.91. The molecule has 0 spiro atoms. The van der Waals surface area contributed by atoms with E-state index in [1.165, 1.54) is 0 Å².